The van der Waals surface area contributed by atoms with Gasteiger partial charge in [-0.2, -0.15) is 0 Å². The van der Waals surface area contributed by atoms with E-state index in [0.717, 1.165) is 24.3 Å². The fourth-order valence-electron chi connectivity index (χ4n) is 1.87. The molecule has 0 spiro atoms. The van der Waals surface area contributed by atoms with Crippen molar-refractivity contribution >= 4 is 0 Å². The van der Waals surface area contributed by atoms with Crippen molar-refractivity contribution in [3.63, 3.8) is 0 Å². The first-order chi connectivity index (χ1) is 8.49. The molecule has 2 aromatic rings. The quantitative estimate of drug-likeness (QED) is 0.697. The Bertz CT molecular complexity index is 527. The van der Waals surface area contributed by atoms with E-state index in [4.69, 9.17) is 0 Å². The molecular formula is C14H10F4. The Morgan fingerprint density at radius 1 is 0.722 bits per heavy atom. The fraction of sp³-hybridized carbons (Fsp3) is 0.143. The van der Waals surface area contributed by atoms with Gasteiger partial charge in [0.05, 0.1) is 0 Å². The van der Waals surface area contributed by atoms with Gasteiger partial charge in [-0.05, 0) is 23.3 Å². The number of hydrogen-bond acceptors (Lipinski definition) is 0. The molecule has 0 saturated heterocycles. The van der Waals surface area contributed by atoms with Gasteiger partial charge in [0.2, 0.25) is 0 Å². The molecule has 18 heavy (non-hydrogen) atoms. The zero-order chi connectivity index (χ0) is 13.3. The molecule has 0 fully saturated rings. The normalized spacial score (nSPS) is 11.0. The van der Waals surface area contributed by atoms with Crippen LogP contribution in [0.1, 0.15) is 24.0 Å². The molecule has 4 heteroatoms. The van der Waals surface area contributed by atoms with Crippen molar-refractivity contribution in [2.45, 2.75) is 12.8 Å². The Kier molecular flexibility index (Phi) is 3.36. The first-order valence-corrected chi connectivity index (χ1v) is 5.39. The molecule has 0 saturated carbocycles. The van der Waals surface area contributed by atoms with Crippen molar-refractivity contribution < 1.29 is 17.6 Å². The van der Waals surface area contributed by atoms with Crippen LogP contribution in [0.25, 0.3) is 0 Å². The standard InChI is InChI=1S/C14H10F4/c1-8(11-4-2-9(15)6-13(11)17)12-5-3-10(16)7-14(12)18/h2-8H,1H3. The highest BCUT2D eigenvalue weighted by molar-refractivity contribution is 5.33. The van der Waals surface area contributed by atoms with E-state index in [-0.39, 0.29) is 11.1 Å². The summed E-state index contributed by atoms with van der Waals surface area (Å²) in [6, 6.07) is 6.23. The predicted molar refractivity (Wildman–Crippen MR) is 60.2 cm³/mol. The summed E-state index contributed by atoms with van der Waals surface area (Å²) in [5, 5.41) is 0. The fourth-order valence-corrected chi connectivity index (χ4v) is 1.87. The summed E-state index contributed by atoms with van der Waals surface area (Å²) < 4.78 is 52.7. The molecule has 0 aromatic heterocycles. The van der Waals surface area contributed by atoms with E-state index in [1.165, 1.54) is 12.1 Å². The van der Waals surface area contributed by atoms with Crippen LogP contribution < -0.4 is 0 Å². The topological polar surface area (TPSA) is 0 Å². The van der Waals surface area contributed by atoms with E-state index < -0.39 is 29.2 Å². The van der Waals surface area contributed by atoms with Crippen LogP contribution in [0.2, 0.25) is 0 Å². The Morgan fingerprint density at radius 2 is 1.11 bits per heavy atom. The van der Waals surface area contributed by atoms with Crippen LogP contribution in [0, 0.1) is 23.3 Å². The summed E-state index contributed by atoms with van der Waals surface area (Å²) >= 11 is 0. The lowest BCUT2D eigenvalue weighted by molar-refractivity contribution is 0.552. The summed E-state index contributed by atoms with van der Waals surface area (Å²) in [6.07, 6.45) is 0. The SMILES string of the molecule is CC(c1ccc(F)cc1F)c1ccc(F)cc1F. The van der Waals surface area contributed by atoms with E-state index in [9.17, 15) is 17.6 Å². The molecule has 94 valence electrons. The first-order valence-electron chi connectivity index (χ1n) is 5.39. The van der Waals surface area contributed by atoms with Crippen LogP contribution in [0.3, 0.4) is 0 Å². The lowest BCUT2D eigenvalue weighted by atomic mass is 9.92. The number of halogens is 4. The van der Waals surface area contributed by atoms with E-state index >= 15 is 0 Å². The summed E-state index contributed by atoms with van der Waals surface area (Å²) in [5.41, 5.74) is 0.337. The van der Waals surface area contributed by atoms with Crippen LogP contribution in [0.15, 0.2) is 36.4 Å². The van der Waals surface area contributed by atoms with Crippen LogP contribution in [-0.2, 0) is 0 Å². The predicted octanol–water partition coefficient (Wildman–Crippen LogP) is 4.39. The minimum Gasteiger partial charge on any atom is -0.207 e. The van der Waals surface area contributed by atoms with Gasteiger partial charge in [0.15, 0.2) is 0 Å². The second-order valence-electron chi connectivity index (χ2n) is 4.05. The first kappa shape index (κ1) is 12.6. The highest BCUT2D eigenvalue weighted by Crippen LogP contribution is 2.28. The molecule has 0 nitrogen and oxygen atoms in total. The number of rotatable bonds is 2. The Morgan fingerprint density at radius 3 is 1.44 bits per heavy atom. The van der Waals surface area contributed by atoms with E-state index in [2.05, 4.69) is 0 Å². The van der Waals surface area contributed by atoms with Gasteiger partial charge >= 0.3 is 0 Å². The molecule has 0 aliphatic rings. The maximum absolute atomic E-state index is 13.6. The van der Waals surface area contributed by atoms with Gasteiger partial charge in [0, 0.05) is 18.1 Å². The van der Waals surface area contributed by atoms with Crippen molar-refractivity contribution in [1.82, 2.24) is 0 Å². The van der Waals surface area contributed by atoms with Crippen molar-refractivity contribution in [2.24, 2.45) is 0 Å². The molecule has 2 aromatic carbocycles. The molecule has 0 atom stereocenters. The molecule has 0 radical (unpaired) electrons. The van der Waals surface area contributed by atoms with Crippen LogP contribution >= 0.6 is 0 Å². The molecule has 0 amide bonds. The van der Waals surface area contributed by atoms with Gasteiger partial charge in [-0.15, -0.1) is 0 Å². The Balaban J connectivity index is 2.44. The summed E-state index contributed by atoms with van der Waals surface area (Å²) in [7, 11) is 0. The Labute approximate surface area is 102 Å². The van der Waals surface area contributed by atoms with Crippen LogP contribution in [-0.4, -0.2) is 0 Å². The highest BCUT2D eigenvalue weighted by atomic mass is 19.1. The largest absolute Gasteiger partial charge is 0.207 e. The summed E-state index contributed by atoms with van der Waals surface area (Å²) in [6.45, 7) is 1.58. The van der Waals surface area contributed by atoms with Gasteiger partial charge < -0.3 is 0 Å². The monoisotopic (exact) mass is 254 g/mol. The molecule has 2 rings (SSSR count). The average molecular weight is 254 g/mol. The zero-order valence-electron chi connectivity index (χ0n) is 9.55. The average Bonchev–Trinajstić information content (AvgIpc) is 2.28. The van der Waals surface area contributed by atoms with Crippen molar-refractivity contribution in [1.29, 1.82) is 0 Å². The van der Waals surface area contributed by atoms with Crippen molar-refractivity contribution in [2.75, 3.05) is 0 Å². The van der Waals surface area contributed by atoms with Gasteiger partial charge in [-0.25, -0.2) is 17.6 Å². The maximum atomic E-state index is 13.6. The summed E-state index contributed by atoms with van der Waals surface area (Å²) in [4.78, 5) is 0. The van der Waals surface area contributed by atoms with Crippen molar-refractivity contribution in [3.05, 3.63) is 70.8 Å². The van der Waals surface area contributed by atoms with Crippen LogP contribution in [0.4, 0.5) is 17.6 Å². The second-order valence-corrected chi connectivity index (χ2v) is 4.05. The molecule has 0 heterocycles. The van der Waals surface area contributed by atoms with E-state index in [1.54, 1.807) is 6.92 Å². The second kappa shape index (κ2) is 4.80. The smallest absolute Gasteiger partial charge is 0.129 e. The van der Waals surface area contributed by atoms with E-state index in [1.807, 2.05) is 0 Å². The third kappa shape index (κ3) is 2.37. The summed E-state index contributed by atoms with van der Waals surface area (Å²) in [5.74, 6) is -3.49. The third-order valence-corrected chi connectivity index (χ3v) is 2.86. The van der Waals surface area contributed by atoms with Crippen molar-refractivity contribution in [3.8, 4) is 0 Å². The zero-order valence-corrected chi connectivity index (χ0v) is 9.55. The van der Waals surface area contributed by atoms with Crippen LogP contribution in [0.5, 0.6) is 0 Å². The molecule has 0 bridgehead atoms. The van der Waals surface area contributed by atoms with Gasteiger partial charge in [-0.1, -0.05) is 19.1 Å². The molecular weight excluding hydrogens is 244 g/mol. The lowest BCUT2D eigenvalue weighted by Crippen LogP contribution is -2.03. The molecule has 0 unspecified atom stereocenters. The number of benzene rings is 2. The van der Waals surface area contributed by atoms with E-state index in [0.29, 0.717) is 0 Å². The highest BCUT2D eigenvalue weighted by Gasteiger charge is 2.17. The molecule has 0 aliphatic heterocycles. The molecule has 0 aliphatic carbocycles. The van der Waals surface area contributed by atoms with Gasteiger partial charge in [-0.3, -0.25) is 0 Å². The third-order valence-electron chi connectivity index (χ3n) is 2.86. The van der Waals surface area contributed by atoms with Gasteiger partial charge in [0.1, 0.15) is 23.3 Å². The van der Waals surface area contributed by atoms with Gasteiger partial charge in [0.25, 0.3) is 0 Å². The number of hydrogen-bond donors (Lipinski definition) is 0. The molecule has 0 N–H and O–H groups in total. The Hall–Kier alpha value is -1.84. The minimum absolute atomic E-state index is 0.168. The minimum atomic E-state index is -0.744. The lowest BCUT2D eigenvalue weighted by Gasteiger charge is -2.14. The maximum Gasteiger partial charge on any atom is 0.129 e.